The molecule has 0 amide bonds. The van der Waals surface area contributed by atoms with Crippen molar-refractivity contribution in [2.75, 3.05) is 36.8 Å². The van der Waals surface area contributed by atoms with Crippen molar-refractivity contribution in [2.24, 2.45) is 0 Å². The third-order valence-corrected chi connectivity index (χ3v) is 8.58. The fourth-order valence-electron chi connectivity index (χ4n) is 4.37. The number of aryl methyl sites for hydroxylation is 1. The van der Waals surface area contributed by atoms with Crippen LogP contribution in [0.4, 0.5) is 23.0 Å². The van der Waals surface area contributed by atoms with E-state index in [4.69, 9.17) is 0 Å². The van der Waals surface area contributed by atoms with Crippen molar-refractivity contribution in [2.45, 2.75) is 36.1 Å². The molecule has 0 spiro atoms. The number of anilines is 4. The Bertz CT molecular complexity index is 1380. The van der Waals surface area contributed by atoms with Gasteiger partial charge in [-0.25, -0.2) is 18.9 Å². The van der Waals surface area contributed by atoms with Crippen LogP contribution in [0.2, 0.25) is 0 Å². The van der Waals surface area contributed by atoms with Crippen molar-refractivity contribution in [3.63, 3.8) is 0 Å². The highest BCUT2D eigenvalue weighted by atomic mass is 32.2. The number of aromatic nitrogens is 2. The first-order valence-corrected chi connectivity index (χ1v) is 15.5. The third kappa shape index (κ3) is 8.36. The molecule has 4 aromatic rings. The summed E-state index contributed by atoms with van der Waals surface area (Å²) in [6.07, 6.45) is 6.13. The van der Waals surface area contributed by atoms with E-state index in [1.165, 1.54) is 30.8 Å². The molecule has 5 rings (SSSR count). The second kappa shape index (κ2) is 14.4. The van der Waals surface area contributed by atoms with Gasteiger partial charge in [0.25, 0.3) is 0 Å². The standard InChI is InChI=1S/C30H35N7OS2/c1-23-9-14-28(40(38)34-20-24-7-3-2-4-8-24)19-29(23)35-26-21-31-30(32-22-26)36-25-10-12-27(13-11-25)39-33-15-18-37-16-5-6-17-37/h2-4,7-14,19,21-22,33-35H,5-6,15-18,20H2,1H3,(H,31,32,36). The van der Waals surface area contributed by atoms with E-state index in [0.29, 0.717) is 17.4 Å². The predicted molar refractivity (Wildman–Crippen MR) is 165 cm³/mol. The Hall–Kier alpha value is -3.28. The lowest BCUT2D eigenvalue weighted by molar-refractivity contribution is 0.345. The summed E-state index contributed by atoms with van der Waals surface area (Å²) in [6.45, 7) is 7.08. The minimum Gasteiger partial charge on any atom is -0.353 e. The number of likely N-dealkylation sites (tertiary alicyclic amines) is 1. The van der Waals surface area contributed by atoms with Crippen LogP contribution in [0.3, 0.4) is 0 Å². The van der Waals surface area contributed by atoms with E-state index in [1.807, 2.05) is 67.6 Å². The number of rotatable bonds is 13. The second-order valence-electron chi connectivity index (χ2n) is 9.67. The van der Waals surface area contributed by atoms with Crippen LogP contribution in [0.25, 0.3) is 0 Å². The van der Waals surface area contributed by atoms with E-state index < -0.39 is 11.0 Å². The van der Waals surface area contributed by atoms with Gasteiger partial charge in [-0.1, -0.05) is 36.4 Å². The van der Waals surface area contributed by atoms with Gasteiger partial charge < -0.3 is 15.5 Å². The molecule has 0 aliphatic carbocycles. The van der Waals surface area contributed by atoms with Crippen LogP contribution >= 0.6 is 11.9 Å². The molecule has 40 heavy (non-hydrogen) atoms. The molecule has 0 radical (unpaired) electrons. The van der Waals surface area contributed by atoms with Crippen molar-refractivity contribution in [3.05, 3.63) is 96.3 Å². The largest absolute Gasteiger partial charge is 0.353 e. The van der Waals surface area contributed by atoms with E-state index in [9.17, 15) is 4.21 Å². The van der Waals surface area contributed by atoms with Gasteiger partial charge in [0.15, 0.2) is 0 Å². The lowest BCUT2D eigenvalue weighted by atomic mass is 10.2. The number of hydrogen-bond donors (Lipinski definition) is 4. The summed E-state index contributed by atoms with van der Waals surface area (Å²) in [5, 5.41) is 6.61. The molecule has 2 heterocycles. The molecule has 1 fully saturated rings. The summed E-state index contributed by atoms with van der Waals surface area (Å²) in [5.41, 5.74) is 4.66. The maximum Gasteiger partial charge on any atom is 0.227 e. The predicted octanol–water partition coefficient (Wildman–Crippen LogP) is 5.78. The highest BCUT2D eigenvalue weighted by Crippen LogP contribution is 2.24. The summed E-state index contributed by atoms with van der Waals surface area (Å²) in [6, 6.07) is 23.9. The highest BCUT2D eigenvalue weighted by Gasteiger charge is 2.11. The first-order chi connectivity index (χ1) is 19.6. The van der Waals surface area contributed by atoms with Gasteiger partial charge in [0.1, 0.15) is 11.0 Å². The first kappa shape index (κ1) is 28.3. The summed E-state index contributed by atoms with van der Waals surface area (Å²) >= 11 is 1.66. The molecular weight excluding hydrogens is 539 g/mol. The van der Waals surface area contributed by atoms with Gasteiger partial charge in [-0.05, 0) is 92.3 Å². The fraction of sp³-hybridized carbons (Fsp3) is 0.267. The van der Waals surface area contributed by atoms with Gasteiger partial charge in [0, 0.05) is 35.9 Å². The van der Waals surface area contributed by atoms with E-state index in [-0.39, 0.29) is 0 Å². The average molecular weight is 574 g/mol. The molecule has 1 aliphatic heterocycles. The fourth-order valence-corrected chi connectivity index (χ4v) is 5.88. The van der Waals surface area contributed by atoms with Crippen molar-refractivity contribution < 1.29 is 4.21 Å². The van der Waals surface area contributed by atoms with Crippen LogP contribution in [-0.4, -0.2) is 45.3 Å². The molecule has 1 atom stereocenters. The van der Waals surface area contributed by atoms with Crippen LogP contribution in [0.1, 0.15) is 24.0 Å². The number of nitrogens with zero attached hydrogens (tertiary/aromatic N) is 3. The van der Waals surface area contributed by atoms with Crippen LogP contribution in [-0.2, 0) is 17.5 Å². The molecular formula is C30H35N7OS2. The maximum absolute atomic E-state index is 12.8. The van der Waals surface area contributed by atoms with Crippen molar-refractivity contribution in [1.29, 1.82) is 0 Å². The lowest BCUT2D eigenvalue weighted by Crippen LogP contribution is -2.27. The molecule has 208 valence electrons. The first-order valence-electron chi connectivity index (χ1n) is 13.5. The highest BCUT2D eigenvalue weighted by molar-refractivity contribution is 7.97. The van der Waals surface area contributed by atoms with Crippen LogP contribution < -0.4 is 20.1 Å². The topological polar surface area (TPSA) is 94.2 Å². The van der Waals surface area contributed by atoms with Crippen molar-refractivity contribution in [1.82, 2.24) is 24.3 Å². The Morgan fingerprint density at radius 2 is 1.65 bits per heavy atom. The van der Waals surface area contributed by atoms with Crippen molar-refractivity contribution >= 4 is 45.9 Å². The Morgan fingerprint density at radius 1 is 0.900 bits per heavy atom. The molecule has 10 heteroatoms. The van der Waals surface area contributed by atoms with Crippen LogP contribution in [0.5, 0.6) is 0 Å². The van der Waals surface area contributed by atoms with Gasteiger partial charge in [0.2, 0.25) is 5.95 Å². The lowest BCUT2D eigenvalue weighted by Gasteiger charge is -2.14. The molecule has 1 aliphatic rings. The molecule has 0 saturated carbocycles. The van der Waals surface area contributed by atoms with E-state index >= 15 is 0 Å². The molecule has 1 aromatic heterocycles. The Morgan fingerprint density at radius 3 is 2.40 bits per heavy atom. The van der Waals surface area contributed by atoms with E-state index in [1.54, 1.807) is 24.3 Å². The molecule has 4 N–H and O–H groups in total. The zero-order chi connectivity index (χ0) is 27.6. The summed E-state index contributed by atoms with van der Waals surface area (Å²) in [5.74, 6) is 0.520. The maximum atomic E-state index is 12.8. The zero-order valence-corrected chi connectivity index (χ0v) is 24.2. The quantitative estimate of drug-likeness (QED) is 0.118. The van der Waals surface area contributed by atoms with E-state index in [2.05, 4.69) is 47.1 Å². The van der Waals surface area contributed by atoms with Crippen LogP contribution in [0.15, 0.2) is 95.0 Å². The summed E-state index contributed by atoms with van der Waals surface area (Å²) in [4.78, 5) is 13.3. The summed E-state index contributed by atoms with van der Waals surface area (Å²) < 4.78 is 19.4. The number of benzene rings is 3. The number of hydrogen-bond acceptors (Lipinski definition) is 8. The Labute approximate surface area is 243 Å². The van der Waals surface area contributed by atoms with Gasteiger partial charge in [-0.2, -0.15) is 0 Å². The smallest absolute Gasteiger partial charge is 0.227 e. The Balaban J connectivity index is 1.11. The minimum atomic E-state index is -1.33. The Kier molecular flexibility index (Phi) is 10.2. The SMILES string of the molecule is Cc1ccc(S(=O)NCc2ccccc2)cc1Nc1cnc(Nc2ccc(SNCCN3CCCC3)cc2)nc1. The normalized spacial score (nSPS) is 14.2. The molecule has 0 bridgehead atoms. The van der Waals surface area contributed by atoms with E-state index in [0.717, 1.165) is 41.3 Å². The molecule has 1 unspecified atom stereocenters. The van der Waals surface area contributed by atoms with Gasteiger partial charge in [-0.15, -0.1) is 0 Å². The monoisotopic (exact) mass is 573 g/mol. The van der Waals surface area contributed by atoms with Gasteiger partial charge in [-0.3, -0.25) is 4.72 Å². The molecule has 8 nitrogen and oxygen atoms in total. The second-order valence-corrected chi connectivity index (χ2v) is 11.9. The number of nitrogens with one attached hydrogen (secondary N) is 4. The van der Waals surface area contributed by atoms with Gasteiger partial charge >= 0.3 is 0 Å². The molecule has 1 saturated heterocycles. The average Bonchev–Trinajstić information content (AvgIpc) is 3.51. The third-order valence-electron chi connectivity index (χ3n) is 6.63. The molecule has 3 aromatic carbocycles. The van der Waals surface area contributed by atoms with Gasteiger partial charge in [0.05, 0.1) is 23.0 Å². The summed E-state index contributed by atoms with van der Waals surface area (Å²) in [7, 11) is -1.33. The zero-order valence-electron chi connectivity index (χ0n) is 22.6. The van der Waals surface area contributed by atoms with Crippen LogP contribution in [0, 0.1) is 6.92 Å². The van der Waals surface area contributed by atoms with Crippen molar-refractivity contribution in [3.8, 4) is 0 Å². The minimum absolute atomic E-state index is 0.520.